The number of esters is 1. The zero-order valence-electron chi connectivity index (χ0n) is 15.9. The van der Waals surface area contributed by atoms with Crippen LogP contribution in [0.3, 0.4) is 0 Å². The molecule has 0 bridgehead atoms. The van der Waals surface area contributed by atoms with Gasteiger partial charge in [0.05, 0.1) is 17.3 Å². The first-order chi connectivity index (χ1) is 12.2. The molecule has 146 valence electrons. The lowest BCUT2D eigenvalue weighted by molar-refractivity contribution is -0.142. The molecule has 0 aliphatic rings. The Morgan fingerprint density at radius 2 is 1.96 bits per heavy atom. The molecule has 1 aromatic rings. The summed E-state index contributed by atoms with van der Waals surface area (Å²) in [5, 5.41) is 2.39. The van der Waals surface area contributed by atoms with E-state index in [-0.39, 0.29) is 22.6 Å². The van der Waals surface area contributed by atoms with Crippen LogP contribution in [-0.2, 0) is 14.3 Å². The number of benzene rings is 1. The summed E-state index contributed by atoms with van der Waals surface area (Å²) in [6.45, 7) is 9.50. The molecule has 1 rings (SSSR count). The van der Waals surface area contributed by atoms with Crippen LogP contribution in [0.2, 0.25) is 5.02 Å². The number of hydrogen-bond acceptors (Lipinski definition) is 4. The van der Waals surface area contributed by atoms with Crippen LogP contribution in [0.1, 0.15) is 53.9 Å². The van der Waals surface area contributed by atoms with Crippen LogP contribution in [0.5, 0.6) is 0 Å². The van der Waals surface area contributed by atoms with E-state index >= 15 is 0 Å². The minimum absolute atomic E-state index is 0.0579. The lowest BCUT2D eigenvalue weighted by atomic mass is 9.89. The Morgan fingerprint density at radius 1 is 1.31 bits per heavy atom. The fourth-order valence-corrected chi connectivity index (χ4v) is 3.51. The number of rotatable bonds is 9. The van der Waals surface area contributed by atoms with Crippen LogP contribution in [0, 0.1) is 11.2 Å². The topological polar surface area (TPSA) is 55.4 Å². The zero-order chi connectivity index (χ0) is 19.9. The molecule has 0 saturated carbocycles. The summed E-state index contributed by atoms with van der Waals surface area (Å²) in [6, 6.07) is 2.64. The predicted molar refractivity (Wildman–Crippen MR) is 105 cm³/mol. The van der Waals surface area contributed by atoms with Gasteiger partial charge in [-0.15, -0.1) is 11.8 Å². The van der Waals surface area contributed by atoms with Gasteiger partial charge in [-0.25, -0.2) is 4.39 Å². The summed E-state index contributed by atoms with van der Waals surface area (Å²) in [5.74, 6) is -1.20. The van der Waals surface area contributed by atoms with Gasteiger partial charge in [-0.3, -0.25) is 9.59 Å². The van der Waals surface area contributed by atoms with Crippen molar-refractivity contribution in [3.8, 4) is 0 Å². The highest BCUT2D eigenvalue weighted by molar-refractivity contribution is 8.00. The predicted octanol–water partition coefficient (Wildman–Crippen LogP) is 5.68. The molecule has 1 N–H and O–H groups in total. The Kier molecular flexibility index (Phi) is 8.90. The Bertz CT molecular complexity index is 652. The number of amides is 1. The van der Waals surface area contributed by atoms with Crippen molar-refractivity contribution >= 4 is 40.9 Å². The van der Waals surface area contributed by atoms with Gasteiger partial charge >= 0.3 is 5.97 Å². The number of hydrogen-bond donors (Lipinski definition) is 1. The SMILES string of the molecule is CCCC(Sc1cc(NC(=O)C(C)(C)CC)c(F)cc1Cl)C(=O)OCC. The van der Waals surface area contributed by atoms with Crippen molar-refractivity contribution in [3.63, 3.8) is 0 Å². The maximum Gasteiger partial charge on any atom is 0.319 e. The summed E-state index contributed by atoms with van der Waals surface area (Å²) in [5.41, 5.74) is -0.558. The highest BCUT2D eigenvalue weighted by atomic mass is 35.5. The van der Waals surface area contributed by atoms with E-state index in [1.807, 2.05) is 13.8 Å². The molecular weight excluding hydrogens is 377 g/mol. The van der Waals surface area contributed by atoms with Crippen molar-refractivity contribution in [2.24, 2.45) is 5.41 Å². The second kappa shape index (κ2) is 10.2. The Labute approximate surface area is 164 Å². The van der Waals surface area contributed by atoms with E-state index in [4.69, 9.17) is 16.3 Å². The molecule has 1 amide bonds. The van der Waals surface area contributed by atoms with Crippen LogP contribution in [0.4, 0.5) is 10.1 Å². The third-order valence-electron chi connectivity index (χ3n) is 4.14. The van der Waals surface area contributed by atoms with Crippen molar-refractivity contribution in [1.82, 2.24) is 0 Å². The number of nitrogens with one attached hydrogen (secondary N) is 1. The molecule has 26 heavy (non-hydrogen) atoms. The summed E-state index contributed by atoms with van der Waals surface area (Å²) in [7, 11) is 0. The minimum Gasteiger partial charge on any atom is -0.465 e. The molecule has 0 saturated heterocycles. The molecule has 0 aliphatic heterocycles. The third-order valence-corrected chi connectivity index (χ3v) is 5.87. The zero-order valence-corrected chi connectivity index (χ0v) is 17.5. The quantitative estimate of drug-likeness (QED) is 0.425. The molecule has 1 aromatic carbocycles. The number of thioether (sulfide) groups is 1. The minimum atomic E-state index is -0.616. The number of carbonyl (C=O) groups excluding carboxylic acids is 2. The molecule has 1 unspecified atom stereocenters. The molecule has 1 atom stereocenters. The molecule has 4 nitrogen and oxygen atoms in total. The van der Waals surface area contributed by atoms with Gasteiger partial charge in [0.25, 0.3) is 0 Å². The smallest absolute Gasteiger partial charge is 0.319 e. The molecule has 7 heteroatoms. The van der Waals surface area contributed by atoms with Crippen molar-refractivity contribution in [1.29, 1.82) is 0 Å². The maximum absolute atomic E-state index is 14.2. The molecular formula is C19H27ClFNO3S. The van der Waals surface area contributed by atoms with Gasteiger partial charge in [-0.1, -0.05) is 45.7 Å². The fourth-order valence-electron chi connectivity index (χ4n) is 2.04. The summed E-state index contributed by atoms with van der Waals surface area (Å²) < 4.78 is 19.3. The summed E-state index contributed by atoms with van der Waals surface area (Å²) in [4.78, 5) is 25.0. The lowest BCUT2D eigenvalue weighted by Gasteiger charge is -2.22. The van der Waals surface area contributed by atoms with E-state index < -0.39 is 16.5 Å². The number of ether oxygens (including phenoxy) is 1. The second-order valence-corrected chi connectivity index (χ2v) is 8.25. The van der Waals surface area contributed by atoms with Crippen molar-refractivity contribution in [2.75, 3.05) is 11.9 Å². The second-order valence-electron chi connectivity index (χ2n) is 6.60. The average molecular weight is 404 g/mol. The van der Waals surface area contributed by atoms with Gasteiger partial charge in [0.2, 0.25) is 5.91 Å². The largest absolute Gasteiger partial charge is 0.465 e. The van der Waals surface area contributed by atoms with Gasteiger partial charge in [-0.2, -0.15) is 0 Å². The van der Waals surface area contributed by atoms with E-state index in [1.165, 1.54) is 17.8 Å². The van der Waals surface area contributed by atoms with Crippen molar-refractivity contribution < 1.29 is 18.7 Å². The molecule has 0 radical (unpaired) electrons. The van der Waals surface area contributed by atoms with Gasteiger partial charge in [0.15, 0.2) is 0 Å². The molecule has 0 spiro atoms. The van der Waals surface area contributed by atoms with Crippen LogP contribution in [-0.4, -0.2) is 23.7 Å². The van der Waals surface area contributed by atoms with Crippen molar-refractivity contribution in [3.05, 3.63) is 23.0 Å². The van der Waals surface area contributed by atoms with E-state index in [1.54, 1.807) is 20.8 Å². The summed E-state index contributed by atoms with van der Waals surface area (Å²) in [6.07, 6.45) is 2.03. The Hall–Kier alpha value is -1.27. The van der Waals surface area contributed by atoms with Crippen LogP contribution in [0.15, 0.2) is 17.0 Å². The van der Waals surface area contributed by atoms with E-state index in [0.29, 0.717) is 24.3 Å². The number of carbonyl (C=O) groups is 2. The van der Waals surface area contributed by atoms with Gasteiger partial charge in [-0.05, 0) is 31.9 Å². The first-order valence-corrected chi connectivity index (χ1v) is 10.1. The van der Waals surface area contributed by atoms with E-state index in [2.05, 4.69) is 5.32 Å². The van der Waals surface area contributed by atoms with E-state index in [9.17, 15) is 14.0 Å². The fraction of sp³-hybridized carbons (Fsp3) is 0.579. The monoisotopic (exact) mass is 403 g/mol. The molecule has 0 fully saturated rings. The molecule has 0 aromatic heterocycles. The highest BCUT2D eigenvalue weighted by Gasteiger charge is 2.27. The van der Waals surface area contributed by atoms with Gasteiger partial charge < -0.3 is 10.1 Å². The number of halogens is 2. The van der Waals surface area contributed by atoms with Crippen LogP contribution in [0.25, 0.3) is 0 Å². The first kappa shape index (κ1) is 22.8. The Morgan fingerprint density at radius 3 is 2.50 bits per heavy atom. The first-order valence-electron chi connectivity index (χ1n) is 8.80. The average Bonchev–Trinajstić information content (AvgIpc) is 2.58. The Balaban J connectivity index is 3.09. The van der Waals surface area contributed by atoms with Crippen LogP contribution < -0.4 is 5.32 Å². The standard InChI is InChI=1S/C19H27ClFNO3S/c1-6-9-15(17(23)25-8-3)26-16-11-14(13(21)10-12(16)20)22-18(24)19(4,5)7-2/h10-11,15H,6-9H2,1-5H3,(H,22,24). The van der Waals surface area contributed by atoms with Gasteiger partial charge in [0, 0.05) is 10.3 Å². The maximum atomic E-state index is 14.2. The lowest BCUT2D eigenvalue weighted by Crippen LogP contribution is -2.30. The van der Waals surface area contributed by atoms with Gasteiger partial charge in [0.1, 0.15) is 11.1 Å². The highest BCUT2D eigenvalue weighted by Crippen LogP contribution is 2.36. The van der Waals surface area contributed by atoms with Crippen LogP contribution >= 0.6 is 23.4 Å². The van der Waals surface area contributed by atoms with Crippen molar-refractivity contribution in [2.45, 2.75) is 64.0 Å². The molecule has 0 aliphatic carbocycles. The third kappa shape index (κ3) is 6.16. The van der Waals surface area contributed by atoms with E-state index in [0.717, 1.165) is 12.5 Å². The normalized spacial score (nSPS) is 12.6. The summed E-state index contributed by atoms with van der Waals surface area (Å²) >= 11 is 7.38. The molecule has 0 heterocycles. The number of anilines is 1.